The lowest BCUT2D eigenvalue weighted by molar-refractivity contribution is -0.118. The summed E-state index contributed by atoms with van der Waals surface area (Å²) in [5, 5.41) is 12.9. The van der Waals surface area contributed by atoms with Gasteiger partial charge in [0.05, 0.1) is 25.2 Å². The first-order chi connectivity index (χ1) is 11.7. The Morgan fingerprint density at radius 1 is 1.38 bits per heavy atom. The van der Waals surface area contributed by atoms with Crippen molar-refractivity contribution in [1.82, 2.24) is 14.9 Å². The van der Waals surface area contributed by atoms with Gasteiger partial charge in [-0.05, 0) is 24.1 Å². The largest absolute Gasteiger partial charge is 0.497 e. The van der Waals surface area contributed by atoms with Crippen LogP contribution in [-0.2, 0) is 17.9 Å². The first kappa shape index (κ1) is 18.4. The van der Waals surface area contributed by atoms with Gasteiger partial charge in [-0.25, -0.2) is 4.98 Å². The summed E-state index contributed by atoms with van der Waals surface area (Å²) in [6, 6.07) is 7.79. The van der Waals surface area contributed by atoms with Crippen LogP contribution in [0.3, 0.4) is 0 Å². The average molecular weight is 349 g/mol. The zero-order valence-electron chi connectivity index (χ0n) is 14.0. The van der Waals surface area contributed by atoms with Gasteiger partial charge in [0, 0.05) is 19.3 Å². The third-order valence-corrected chi connectivity index (χ3v) is 4.36. The molecule has 0 aliphatic carbocycles. The molecule has 0 aliphatic rings. The molecule has 7 heteroatoms. The molecule has 1 amide bonds. The standard InChI is InChI=1S/C17H23N3O3S/c1-3-8-18-16(22)12-24-17-19-14(11-21)10-20(17)9-13-4-6-15(23-2)7-5-13/h4-7,10,21H,3,8-9,11-12H2,1-2H3,(H,18,22). The van der Waals surface area contributed by atoms with Crippen LogP contribution in [0.1, 0.15) is 24.6 Å². The zero-order chi connectivity index (χ0) is 17.4. The molecule has 24 heavy (non-hydrogen) atoms. The summed E-state index contributed by atoms with van der Waals surface area (Å²) in [6.45, 7) is 3.20. The number of imidazole rings is 1. The lowest BCUT2D eigenvalue weighted by Gasteiger charge is -2.08. The summed E-state index contributed by atoms with van der Waals surface area (Å²) in [5.41, 5.74) is 1.69. The quantitative estimate of drug-likeness (QED) is 0.678. The minimum atomic E-state index is -0.120. The number of hydrogen-bond acceptors (Lipinski definition) is 5. The smallest absolute Gasteiger partial charge is 0.230 e. The number of benzene rings is 1. The summed E-state index contributed by atoms with van der Waals surface area (Å²) in [6.07, 6.45) is 2.73. The van der Waals surface area contributed by atoms with E-state index < -0.39 is 0 Å². The van der Waals surface area contributed by atoms with Gasteiger partial charge < -0.3 is 19.7 Å². The molecule has 0 fully saturated rings. The van der Waals surface area contributed by atoms with Crippen LogP contribution in [0.25, 0.3) is 0 Å². The first-order valence-electron chi connectivity index (χ1n) is 7.85. The molecule has 0 radical (unpaired) electrons. The van der Waals surface area contributed by atoms with E-state index in [0.29, 0.717) is 24.5 Å². The zero-order valence-corrected chi connectivity index (χ0v) is 14.8. The number of ether oxygens (including phenoxy) is 1. The molecule has 2 N–H and O–H groups in total. The van der Waals surface area contributed by atoms with Crippen LogP contribution in [-0.4, -0.2) is 40.0 Å². The summed E-state index contributed by atoms with van der Waals surface area (Å²) >= 11 is 1.37. The topological polar surface area (TPSA) is 76.4 Å². The number of methoxy groups -OCH3 is 1. The second-order valence-corrected chi connectivity index (χ2v) is 6.23. The molecule has 130 valence electrons. The van der Waals surface area contributed by atoms with E-state index in [9.17, 15) is 9.90 Å². The number of hydrogen-bond donors (Lipinski definition) is 2. The Labute approximate surface area is 146 Å². The average Bonchev–Trinajstić information content (AvgIpc) is 3.00. The highest BCUT2D eigenvalue weighted by atomic mass is 32.2. The van der Waals surface area contributed by atoms with Gasteiger partial charge >= 0.3 is 0 Å². The monoisotopic (exact) mass is 349 g/mol. The Morgan fingerprint density at radius 3 is 2.75 bits per heavy atom. The highest BCUT2D eigenvalue weighted by molar-refractivity contribution is 7.99. The van der Waals surface area contributed by atoms with Gasteiger partial charge in [0.15, 0.2) is 5.16 Å². The fraction of sp³-hybridized carbons (Fsp3) is 0.412. The number of nitrogens with one attached hydrogen (secondary N) is 1. The van der Waals surface area contributed by atoms with Crippen molar-refractivity contribution in [3.8, 4) is 5.75 Å². The van der Waals surface area contributed by atoms with Crippen LogP contribution in [0.2, 0.25) is 0 Å². The second-order valence-electron chi connectivity index (χ2n) is 5.29. The summed E-state index contributed by atoms with van der Waals surface area (Å²) < 4.78 is 7.11. The van der Waals surface area contributed by atoms with Crippen molar-refractivity contribution < 1.29 is 14.6 Å². The van der Waals surface area contributed by atoms with Gasteiger partial charge in [-0.15, -0.1) is 0 Å². The Balaban J connectivity index is 2.05. The summed E-state index contributed by atoms with van der Waals surface area (Å²) in [5.74, 6) is 1.11. The van der Waals surface area contributed by atoms with Gasteiger partial charge in [0.1, 0.15) is 5.75 Å². The minimum Gasteiger partial charge on any atom is -0.497 e. The third kappa shape index (κ3) is 5.28. The molecule has 0 atom stereocenters. The number of rotatable bonds is 9. The van der Waals surface area contributed by atoms with Crippen LogP contribution in [0.4, 0.5) is 0 Å². The molecule has 2 rings (SSSR count). The molecule has 0 unspecified atom stereocenters. The van der Waals surface area contributed by atoms with E-state index in [1.807, 2.05) is 42.0 Å². The molecule has 0 spiro atoms. The van der Waals surface area contributed by atoms with Crippen molar-refractivity contribution in [2.45, 2.75) is 31.7 Å². The van der Waals surface area contributed by atoms with Crippen molar-refractivity contribution in [3.05, 3.63) is 41.7 Å². The maximum Gasteiger partial charge on any atom is 0.230 e. The van der Waals surface area contributed by atoms with Crippen LogP contribution in [0, 0.1) is 0 Å². The van der Waals surface area contributed by atoms with Crippen molar-refractivity contribution in [2.75, 3.05) is 19.4 Å². The second kappa shape index (κ2) is 9.34. The summed E-state index contributed by atoms with van der Waals surface area (Å²) in [7, 11) is 1.64. The number of amides is 1. The van der Waals surface area contributed by atoms with E-state index in [0.717, 1.165) is 22.9 Å². The highest BCUT2D eigenvalue weighted by Gasteiger charge is 2.11. The van der Waals surface area contributed by atoms with E-state index in [4.69, 9.17) is 4.74 Å². The van der Waals surface area contributed by atoms with Gasteiger partial charge in [0.2, 0.25) is 5.91 Å². The van der Waals surface area contributed by atoms with E-state index in [1.165, 1.54) is 11.8 Å². The predicted octanol–water partition coefficient (Wildman–Crippen LogP) is 2.05. The number of carbonyl (C=O) groups is 1. The lowest BCUT2D eigenvalue weighted by Crippen LogP contribution is -2.25. The predicted molar refractivity (Wildman–Crippen MR) is 94.3 cm³/mol. The summed E-state index contributed by atoms with van der Waals surface area (Å²) in [4.78, 5) is 16.1. The minimum absolute atomic E-state index is 0.00797. The Kier molecular flexibility index (Phi) is 7.14. The van der Waals surface area contributed by atoms with Gasteiger partial charge in [-0.1, -0.05) is 30.8 Å². The maximum absolute atomic E-state index is 11.8. The SMILES string of the molecule is CCCNC(=O)CSc1nc(CO)cn1Cc1ccc(OC)cc1. The van der Waals surface area contributed by atoms with E-state index in [2.05, 4.69) is 10.3 Å². The molecule has 0 aliphatic heterocycles. The van der Waals surface area contributed by atoms with Crippen LogP contribution in [0.5, 0.6) is 5.75 Å². The number of aromatic nitrogens is 2. The van der Waals surface area contributed by atoms with E-state index in [1.54, 1.807) is 7.11 Å². The molecule has 6 nitrogen and oxygen atoms in total. The van der Waals surface area contributed by atoms with Crippen LogP contribution < -0.4 is 10.1 Å². The van der Waals surface area contributed by atoms with Gasteiger partial charge in [-0.2, -0.15) is 0 Å². The normalized spacial score (nSPS) is 10.6. The van der Waals surface area contributed by atoms with E-state index >= 15 is 0 Å². The van der Waals surface area contributed by atoms with E-state index in [-0.39, 0.29) is 12.5 Å². The number of nitrogens with zero attached hydrogens (tertiary/aromatic N) is 2. The number of carbonyl (C=O) groups excluding carboxylic acids is 1. The maximum atomic E-state index is 11.8. The van der Waals surface area contributed by atoms with Crippen molar-refractivity contribution in [3.63, 3.8) is 0 Å². The Hall–Kier alpha value is -1.99. The first-order valence-corrected chi connectivity index (χ1v) is 8.84. The van der Waals surface area contributed by atoms with Crippen LogP contribution in [0.15, 0.2) is 35.6 Å². The van der Waals surface area contributed by atoms with Crippen molar-refractivity contribution >= 4 is 17.7 Å². The number of thioether (sulfide) groups is 1. The molecule has 1 aromatic heterocycles. The molecular formula is C17H23N3O3S. The molecule has 2 aromatic rings. The fourth-order valence-electron chi connectivity index (χ4n) is 2.13. The van der Waals surface area contributed by atoms with Crippen molar-refractivity contribution in [2.24, 2.45) is 0 Å². The Morgan fingerprint density at radius 2 is 2.12 bits per heavy atom. The molecule has 0 bridgehead atoms. The number of aliphatic hydroxyl groups excluding tert-OH is 1. The van der Waals surface area contributed by atoms with Gasteiger partial charge in [-0.3, -0.25) is 4.79 Å². The lowest BCUT2D eigenvalue weighted by atomic mass is 10.2. The molecule has 0 saturated carbocycles. The number of aliphatic hydroxyl groups is 1. The molecular weight excluding hydrogens is 326 g/mol. The molecule has 1 heterocycles. The third-order valence-electron chi connectivity index (χ3n) is 3.37. The fourth-order valence-corrected chi connectivity index (χ4v) is 2.96. The Bertz CT molecular complexity index is 656. The van der Waals surface area contributed by atoms with Crippen LogP contribution >= 0.6 is 11.8 Å². The van der Waals surface area contributed by atoms with Gasteiger partial charge in [0.25, 0.3) is 0 Å². The van der Waals surface area contributed by atoms with Crippen molar-refractivity contribution in [1.29, 1.82) is 0 Å². The highest BCUT2D eigenvalue weighted by Crippen LogP contribution is 2.20. The molecule has 0 saturated heterocycles. The molecule has 1 aromatic carbocycles.